The third-order valence-electron chi connectivity index (χ3n) is 20.4. The maximum absolute atomic E-state index is 14.6. The van der Waals surface area contributed by atoms with E-state index in [0.29, 0.717) is 31.1 Å². The highest BCUT2D eigenvalue weighted by atomic mass is 32.2. The van der Waals surface area contributed by atoms with Gasteiger partial charge in [-0.15, -0.1) is 0 Å². The predicted molar refractivity (Wildman–Crippen MR) is 460 cm³/mol. The minimum atomic E-state index is -5.11. The van der Waals surface area contributed by atoms with Crippen molar-refractivity contribution in [3.63, 3.8) is 0 Å². The minimum Gasteiger partial charge on any atom is -0.481 e. The van der Waals surface area contributed by atoms with Gasteiger partial charge < -0.3 is 137 Å². The number of fused-ring (bicyclic) bond motifs is 1. The van der Waals surface area contributed by atoms with E-state index < -0.39 is 243 Å². The second kappa shape index (κ2) is 57.6. The highest BCUT2D eigenvalue weighted by Crippen LogP contribution is 2.38. The second-order valence-electron chi connectivity index (χ2n) is 32.1. The van der Waals surface area contributed by atoms with Gasteiger partial charge in [0.25, 0.3) is 0 Å². The van der Waals surface area contributed by atoms with Crippen molar-refractivity contribution in [3.8, 4) is 5.75 Å². The molecule has 3 fully saturated rings. The van der Waals surface area contributed by atoms with Crippen LogP contribution in [0.15, 0.2) is 24.3 Å². The lowest BCUT2D eigenvalue weighted by Gasteiger charge is -2.30. The highest BCUT2D eigenvalue weighted by molar-refractivity contribution is 8.00. The van der Waals surface area contributed by atoms with Crippen LogP contribution < -0.4 is 113 Å². The van der Waals surface area contributed by atoms with Gasteiger partial charge in [-0.2, -0.15) is 11.8 Å². The number of thioether (sulfide) groups is 1. The molecule has 0 aliphatic carbocycles. The number of carboxylic acids is 1. The fourth-order valence-electron chi connectivity index (χ4n) is 13.4. The number of urea groups is 1. The summed E-state index contributed by atoms with van der Waals surface area (Å²) in [7, 11) is -5.11. The van der Waals surface area contributed by atoms with E-state index >= 15 is 0 Å². The number of amides is 20. The van der Waals surface area contributed by atoms with E-state index in [2.05, 4.69) is 89.6 Å². The molecular formula is C79H127N20O29PS. The molecule has 51 heteroatoms. The van der Waals surface area contributed by atoms with Gasteiger partial charge in [0.1, 0.15) is 85.4 Å². The zero-order valence-corrected chi connectivity index (χ0v) is 75.5. The number of unbranched alkanes of at least 4 members (excludes halogenated alkanes) is 3. The maximum atomic E-state index is 14.6. The number of nitrogens with two attached hydrogens (primary N) is 4. The largest absolute Gasteiger partial charge is 0.524 e. The molecule has 3 aliphatic rings. The predicted octanol–water partition coefficient (Wildman–Crippen LogP) is -7.12. The lowest BCUT2D eigenvalue weighted by Crippen LogP contribution is -2.62. The number of carbonyl (C=O) groups is 20. The van der Waals surface area contributed by atoms with E-state index in [1.165, 1.54) is 32.9 Å². The van der Waals surface area contributed by atoms with Crippen LogP contribution in [0, 0.1) is 17.8 Å². The molecule has 1 aromatic carbocycles. The fraction of sp³-hybridized carbons (Fsp3) is 0.671. The molecular weight excluding hydrogens is 1760 g/mol. The van der Waals surface area contributed by atoms with Crippen LogP contribution in [0.1, 0.15) is 157 Å². The molecule has 1 aromatic rings. The molecule has 15 atom stereocenters. The average Bonchev–Trinajstić information content (AvgIpc) is 1.66. The second-order valence-corrected chi connectivity index (χ2v) is 34.5. The molecule has 728 valence electrons. The molecule has 0 unspecified atom stereocenters. The summed E-state index contributed by atoms with van der Waals surface area (Å²) < 4.78 is 37.9. The van der Waals surface area contributed by atoms with Gasteiger partial charge in [0.15, 0.2) is 0 Å². The van der Waals surface area contributed by atoms with Gasteiger partial charge in [0, 0.05) is 49.9 Å². The van der Waals surface area contributed by atoms with E-state index in [0.717, 1.165) is 50.5 Å². The van der Waals surface area contributed by atoms with E-state index in [1.807, 2.05) is 11.8 Å². The SMILES string of the molecule is CC[C@H](C)[C@@H]1NC(=O)[C@H](CC(N)=O)NC(=O)[C@H](C)NC(=O)[C@H](CCC(=O)NCCOCCOCC(=O)NCCOCCOCC(=O)N[C@@H](CCCCNC(=O)CCCCC[C@@H]2SC[C@@H]3NC(=O)N[C@@H]32)C(N)=O)NC(=O)[C@H](CC(N)=O)NC(=O)[C@H](CC(C)C)NC(=O)[C@H](C(C)C)NC(=O)[C@H](CC(N)=O)NC(=O)[C@H](CC(=O)O)NC(=O)[C@H](Cc2ccc(OP(=O)(O)O)cc2)NC1=O. The van der Waals surface area contributed by atoms with Crippen molar-refractivity contribution >= 4 is 138 Å². The summed E-state index contributed by atoms with van der Waals surface area (Å²) in [5.74, 6) is -22.3. The first-order valence-corrected chi connectivity index (χ1v) is 45.2. The number of carbonyl (C=O) groups excluding carboxylic acids is 19. The van der Waals surface area contributed by atoms with Crippen molar-refractivity contribution in [2.45, 2.75) is 241 Å². The Bertz CT molecular complexity index is 4110. The van der Waals surface area contributed by atoms with Gasteiger partial charge in [-0.25, -0.2) is 9.36 Å². The smallest absolute Gasteiger partial charge is 0.481 e. The number of hydrogen-bond acceptors (Lipinski definition) is 27. The standard InChI is InChI=1S/C79H127N20O29PS/c1-8-43(6)66-78(119)95-50(33-45-17-19-46(20-18-45)128-129(121,122)123)72(113)93-54(37-64(107)108)74(115)92-53(36-59(82)102)75(116)97-65(42(4)5)77(118)94-49(32-41(2)3)71(112)91-51(34-57(80)100)73(114)89-48(70(111)87-44(7)69(110)90-52(35-58(81)101)76(117)98-66)21-22-61(104)85-24-26-124-28-30-126-38-62(105)86-25-27-125-29-31-127-39-63(106)88-47(68(83)109)14-12-13-23-84-60(103)16-11-9-10-15-56-67-55(40-130-56)96-79(120)99-67/h17-20,41-44,47-56,65-67H,8-16,21-40H2,1-7H3,(H2,80,100)(H2,81,101)(H2,82,102)(H2,83,109)(H,84,103)(H,85,104)(H,86,105)(H,87,111)(H,88,106)(H,89,114)(H,90,110)(H,91,112)(H,92,115)(H,93,113)(H,94,118)(H,95,119)(H,97,116)(H,98,117)(H,107,108)(H2,96,99,120)(H2,121,122,123)/t43-,44-,47-,48-,49-,50-,51-,52-,53-,54-,55-,56-,65-,66-,67-/m0/s1. The molecule has 27 N–H and O–H groups in total. The molecule has 0 saturated carbocycles. The van der Waals surface area contributed by atoms with Crippen molar-refractivity contribution < 1.29 is 139 Å². The number of hydrogen-bond donors (Lipinski definition) is 23. The molecule has 4 rings (SSSR count). The third-order valence-corrected chi connectivity index (χ3v) is 22.3. The van der Waals surface area contributed by atoms with Crippen molar-refractivity contribution in [3.05, 3.63) is 29.8 Å². The number of rotatable bonds is 49. The fourth-order valence-corrected chi connectivity index (χ4v) is 15.3. The summed E-state index contributed by atoms with van der Waals surface area (Å²) in [6, 6.07) is -14.9. The zero-order valence-electron chi connectivity index (χ0n) is 73.8. The van der Waals surface area contributed by atoms with Crippen LogP contribution in [0.3, 0.4) is 0 Å². The summed E-state index contributed by atoms with van der Waals surface area (Å²) >= 11 is 1.85. The molecule has 0 aromatic heterocycles. The number of ether oxygens (including phenoxy) is 4. The molecule has 130 heavy (non-hydrogen) atoms. The number of primary amides is 4. The summed E-state index contributed by atoms with van der Waals surface area (Å²) in [5, 5.41) is 50.2. The quantitative estimate of drug-likeness (QED) is 0.0164. The summed E-state index contributed by atoms with van der Waals surface area (Å²) in [6.45, 7) is 9.60. The lowest BCUT2D eigenvalue weighted by atomic mass is 9.96. The Kier molecular flexibility index (Phi) is 49.1. The van der Waals surface area contributed by atoms with E-state index in [4.69, 9.17) is 41.9 Å². The molecule has 3 heterocycles. The third kappa shape index (κ3) is 43.3. The van der Waals surface area contributed by atoms with Crippen LogP contribution in [0.25, 0.3) is 0 Å². The van der Waals surface area contributed by atoms with Crippen molar-refractivity contribution in [1.82, 2.24) is 85.1 Å². The minimum absolute atomic E-state index is 0.00233. The molecule has 49 nitrogen and oxygen atoms in total. The highest BCUT2D eigenvalue weighted by Gasteiger charge is 2.44. The average molecular weight is 1880 g/mol. The number of benzene rings is 1. The number of aliphatic carboxylic acids is 1. The summed E-state index contributed by atoms with van der Waals surface area (Å²) in [6.07, 6.45) is -0.943. The van der Waals surface area contributed by atoms with Crippen molar-refractivity contribution in [2.24, 2.45) is 40.7 Å². The Morgan fingerprint density at radius 1 is 0.485 bits per heavy atom. The van der Waals surface area contributed by atoms with Gasteiger partial charge in [-0.1, -0.05) is 72.9 Å². The summed E-state index contributed by atoms with van der Waals surface area (Å²) in [4.78, 5) is 287. The molecule has 3 aliphatic heterocycles. The van der Waals surface area contributed by atoms with Gasteiger partial charge in [-0.05, 0) is 87.3 Å². The van der Waals surface area contributed by atoms with Crippen LogP contribution in [0.4, 0.5) is 4.79 Å². The number of phosphoric ester groups is 1. The normalized spacial score (nSPS) is 22.9. The van der Waals surface area contributed by atoms with Gasteiger partial charge in [0.05, 0.1) is 77.4 Å². The van der Waals surface area contributed by atoms with Gasteiger partial charge >= 0.3 is 19.8 Å². The monoisotopic (exact) mass is 1880 g/mol. The van der Waals surface area contributed by atoms with Crippen molar-refractivity contribution in [1.29, 1.82) is 0 Å². The molecule has 0 bridgehead atoms. The van der Waals surface area contributed by atoms with Crippen LogP contribution in [0.2, 0.25) is 0 Å². The number of phosphoric acid groups is 1. The Hall–Kier alpha value is -11.4. The van der Waals surface area contributed by atoms with E-state index in [-0.39, 0.29) is 121 Å². The Labute approximate surface area is 754 Å². The zero-order chi connectivity index (χ0) is 96.9. The van der Waals surface area contributed by atoms with Crippen LogP contribution in [-0.4, -0.2) is 295 Å². The van der Waals surface area contributed by atoms with Gasteiger partial charge in [-0.3, -0.25) is 101 Å². The Morgan fingerprint density at radius 2 is 0.954 bits per heavy atom. The first-order valence-electron chi connectivity index (χ1n) is 42.7. The van der Waals surface area contributed by atoms with Crippen LogP contribution in [-0.2, 0) is 121 Å². The van der Waals surface area contributed by atoms with E-state index in [9.17, 15) is 115 Å². The molecule has 20 amide bonds. The lowest BCUT2D eigenvalue weighted by molar-refractivity contribution is -0.142. The van der Waals surface area contributed by atoms with Gasteiger partial charge in [0.2, 0.25) is 106 Å². The summed E-state index contributed by atoms with van der Waals surface area (Å²) in [5.41, 5.74) is 22.2. The number of nitrogens with one attached hydrogen (secondary N) is 16. The maximum Gasteiger partial charge on any atom is 0.524 e. The van der Waals surface area contributed by atoms with E-state index in [1.54, 1.807) is 20.8 Å². The topological polar surface area (TPSA) is 762 Å². The molecule has 3 saturated heterocycles. The first-order chi connectivity index (χ1) is 61.3. The van der Waals surface area contributed by atoms with Crippen LogP contribution >= 0.6 is 19.6 Å². The van der Waals surface area contributed by atoms with Crippen LogP contribution in [0.5, 0.6) is 5.75 Å². The molecule has 0 spiro atoms. The Balaban J connectivity index is 1.41. The Morgan fingerprint density at radius 3 is 1.49 bits per heavy atom. The number of carboxylic acid groups (broad SMARTS) is 1. The first kappa shape index (κ1) is 111. The van der Waals surface area contributed by atoms with Crippen molar-refractivity contribution in [2.75, 3.05) is 78.2 Å². The molecule has 0 radical (unpaired) electrons.